The van der Waals surface area contributed by atoms with Gasteiger partial charge in [-0.25, -0.2) is 0 Å². The summed E-state index contributed by atoms with van der Waals surface area (Å²) in [4.78, 5) is 21.6. The minimum atomic E-state index is -0.120. The molecule has 0 N–H and O–H groups in total. The molecule has 0 atom stereocenters. The van der Waals surface area contributed by atoms with Crippen molar-refractivity contribution in [3.63, 3.8) is 0 Å². The first kappa shape index (κ1) is 21.3. The van der Waals surface area contributed by atoms with E-state index in [-0.39, 0.29) is 5.91 Å². The van der Waals surface area contributed by atoms with Crippen LogP contribution in [0.25, 0.3) is 11.4 Å². The first-order valence-electron chi connectivity index (χ1n) is 10.7. The van der Waals surface area contributed by atoms with E-state index in [1.54, 1.807) is 17.0 Å². The van der Waals surface area contributed by atoms with Crippen LogP contribution in [-0.2, 0) is 11.2 Å². The average Bonchev–Trinajstić information content (AvgIpc) is 3.49. The number of morpholine rings is 1. The van der Waals surface area contributed by atoms with E-state index < -0.39 is 0 Å². The van der Waals surface area contributed by atoms with Gasteiger partial charge in [-0.15, -0.1) is 0 Å². The highest BCUT2D eigenvalue weighted by Gasteiger charge is 2.20. The molecule has 3 heterocycles. The van der Waals surface area contributed by atoms with Crippen molar-refractivity contribution < 1.29 is 18.5 Å². The fourth-order valence-electron chi connectivity index (χ4n) is 3.59. The fraction of sp³-hybridized carbons (Fsp3) is 0.435. The van der Waals surface area contributed by atoms with Crippen molar-refractivity contribution in [2.45, 2.75) is 19.8 Å². The molecule has 4 rings (SSSR count). The Kier molecular flexibility index (Phi) is 7.11. The summed E-state index contributed by atoms with van der Waals surface area (Å²) in [5.74, 6) is 1.30. The third-order valence-corrected chi connectivity index (χ3v) is 5.40. The van der Waals surface area contributed by atoms with Gasteiger partial charge < -0.3 is 18.6 Å². The van der Waals surface area contributed by atoms with Crippen LogP contribution < -0.4 is 0 Å². The molecule has 0 spiro atoms. The Morgan fingerprint density at radius 2 is 1.94 bits per heavy atom. The number of carbonyl (C=O) groups is 1. The summed E-state index contributed by atoms with van der Waals surface area (Å²) in [6, 6.07) is 11.4. The highest BCUT2D eigenvalue weighted by atomic mass is 16.5. The van der Waals surface area contributed by atoms with E-state index in [0.29, 0.717) is 37.0 Å². The van der Waals surface area contributed by atoms with Gasteiger partial charge in [0.2, 0.25) is 11.7 Å². The highest BCUT2D eigenvalue weighted by molar-refractivity contribution is 5.91. The maximum Gasteiger partial charge on any atom is 0.289 e. The molecule has 1 aliphatic heterocycles. The van der Waals surface area contributed by atoms with E-state index in [0.717, 1.165) is 44.8 Å². The van der Waals surface area contributed by atoms with Crippen LogP contribution in [0.15, 0.2) is 51.6 Å². The molecule has 8 heteroatoms. The number of aromatic nitrogens is 2. The van der Waals surface area contributed by atoms with Crippen molar-refractivity contribution in [2.75, 3.05) is 45.9 Å². The van der Waals surface area contributed by atoms with E-state index >= 15 is 0 Å². The van der Waals surface area contributed by atoms with Gasteiger partial charge in [0, 0.05) is 44.7 Å². The third kappa shape index (κ3) is 5.80. The minimum Gasteiger partial charge on any atom is -0.459 e. The minimum absolute atomic E-state index is 0.120. The smallest absolute Gasteiger partial charge is 0.289 e. The topological polar surface area (TPSA) is 84.8 Å². The summed E-state index contributed by atoms with van der Waals surface area (Å²) in [5.41, 5.74) is 2.09. The number of benzene rings is 1. The average molecular weight is 425 g/mol. The van der Waals surface area contributed by atoms with Gasteiger partial charge in [0.25, 0.3) is 5.91 Å². The normalized spacial score (nSPS) is 14.6. The molecule has 31 heavy (non-hydrogen) atoms. The van der Waals surface area contributed by atoms with E-state index in [1.165, 1.54) is 11.8 Å². The van der Waals surface area contributed by atoms with Crippen molar-refractivity contribution >= 4 is 5.91 Å². The number of aryl methyl sites for hydroxylation is 1. The molecule has 1 fully saturated rings. The first-order valence-corrected chi connectivity index (χ1v) is 10.7. The van der Waals surface area contributed by atoms with Gasteiger partial charge in [0.05, 0.1) is 19.5 Å². The van der Waals surface area contributed by atoms with Gasteiger partial charge in [-0.3, -0.25) is 9.69 Å². The summed E-state index contributed by atoms with van der Waals surface area (Å²) >= 11 is 0. The van der Waals surface area contributed by atoms with Crippen molar-refractivity contribution in [2.24, 2.45) is 0 Å². The molecule has 0 saturated carbocycles. The number of nitrogens with zero attached hydrogens (tertiary/aromatic N) is 4. The maximum atomic E-state index is 12.9. The molecule has 0 bridgehead atoms. The number of furan rings is 1. The fourth-order valence-corrected chi connectivity index (χ4v) is 3.59. The number of hydrogen-bond donors (Lipinski definition) is 0. The molecule has 0 radical (unpaired) electrons. The molecule has 0 aliphatic carbocycles. The Balaban J connectivity index is 1.36. The van der Waals surface area contributed by atoms with E-state index in [1.807, 2.05) is 31.2 Å². The second-order valence-electron chi connectivity index (χ2n) is 7.70. The zero-order valence-corrected chi connectivity index (χ0v) is 17.8. The van der Waals surface area contributed by atoms with Gasteiger partial charge >= 0.3 is 0 Å². The molecule has 1 amide bonds. The summed E-state index contributed by atoms with van der Waals surface area (Å²) in [5, 5.41) is 4.09. The number of rotatable bonds is 9. The lowest BCUT2D eigenvalue weighted by molar-refractivity contribution is 0.0355. The Labute approximate surface area is 181 Å². The predicted molar refractivity (Wildman–Crippen MR) is 115 cm³/mol. The van der Waals surface area contributed by atoms with Crippen LogP contribution in [0.2, 0.25) is 0 Å². The standard InChI is InChI=1S/C23H28N4O4/c1-18-5-7-19(8-6-18)22-24-21(31-25-22)9-12-27(23(28)20-4-2-15-30-20)11-3-10-26-13-16-29-17-14-26/h2,4-8,15H,3,9-14,16-17H2,1H3. The van der Waals surface area contributed by atoms with Crippen LogP contribution in [0.3, 0.4) is 0 Å². The molecule has 0 unspecified atom stereocenters. The zero-order valence-electron chi connectivity index (χ0n) is 17.8. The van der Waals surface area contributed by atoms with Crippen LogP contribution in [0.5, 0.6) is 0 Å². The molecular weight excluding hydrogens is 396 g/mol. The number of hydrogen-bond acceptors (Lipinski definition) is 7. The van der Waals surface area contributed by atoms with Gasteiger partial charge in [-0.2, -0.15) is 4.98 Å². The molecule has 164 valence electrons. The Morgan fingerprint density at radius 1 is 1.13 bits per heavy atom. The van der Waals surface area contributed by atoms with Gasteiger partial charge in [-0.05, 0) is 25.5 Å². The Bertz CT molecular complexity index is 946. The molecule has 3 aromatic rings. The lowest BCUT2D eigenvalue weighted by Gasteiger charge is -2.28. The molecule has 1 aromatic carbocycles. The third-order valence-electron chi connectivity index (χ3n) is 5.40. The quantitative estimate of drug-likeness (QED) is 0.522. The van der Waals surface area contributed by atoms with Crippen LogP contribution in [0, 0.1) is 6.92 Å². The first-order chi connectivity index (χ1) is 15.2. The molecular formula is C23H28N4O4. The number of amides is 1. The highest BCUT2D eigenvalue weighted by Crippen LogP contribution is 2.17. The summed E-state index contributed by atoms with van der Waals surface area (Å²) < 4.78 is 16.2. The SMILES string of the molecule is Cc1ccc(-c2noc(CCN(CCCN3CCOCC3)C(=O)c3ccco3)n2)cc1. The largest absolute Gasteiger partial charge is 0.459 e. The summed E-state index contributed by atoms with van der Waals surface area (Å²) in [7, 11) is 0. The lowest BCUT2D eigenvalue weighted by Crippen LogP contribution is -2.39. The Hall–Kier alpha value is -2.97. The zero-order chi connectivity index (χ0) is 21.5. The van der Waals surface area contributed by atoms with Crippen molar-refractivity contribution in [3.8, 4) is 11.4 Å². The van der Waals surface area contributed by atoms with Crippen molar-refractivity contribution in [3.05, 3.63) is 59.9 Å². The van der Waals surface area contributed by atoms with Crippen LogP contribution in [0.1, 0.15) is 28.4 Å². The van der Waals surface area contributed by atoms with E-state index in [2.05, 4.69) is 15.0 Å². The van der Waals surface area contributed by atoms with Crippen LogP contribution >= 0.6 is 0 Å². The Morgan fingerprint density at radius 3 is 2.68 bits per heavy atom. The number of ether oxygens (including phenoxy) is 1. The lowest BCUT2D eigenvalue weighted by atomic mass is 10.1. The molecule has 1 aliphatic rings. The maximum absolute atomic E-state index is 12.9. The van der Waals surface area contributed by atoms with Crippen LogP contribution in [-0.4, -0.2) is 71.8 Å². The monoisotopic (exact) mass is 424 g/mol. The van der Waals surface area contributed by atoms with E-state index in [4.69, 9.17) is 13.7 Å². The van der Waals surface area contributed by atoms with Gasteiger partial charge in [-0.1, -0.05) is 35.0 Å². The second kappa shape index (κ2) is 10.4. The summed E-state index contributed by atoms with van der Waals surface area (Å²) in [6.45, 7) is 7.52. The van der Waals surface area contributed by atoms with Gasteiger partial charge in [0.1, 0.15) is 0 Å². The van der Waals surface area contributed by atoms with Crippen molar-refractivity contribution in [1.29, 1.82) is 0 Å². The predicted octanol–water partition coefficient (Wildman–Crippen LogP) is 3.05. The van der Waals surface area contributed by atoms with Crippen molar-refractivity contribution in [1.82, 2.24) is 19.9 Å². The molecule has 2 aromatic heterocycles. The number of carbonyl (C=O) groups excluding carboxylic acids is 1. The van der Waals surface area contributed by atoms with Crippen LogP contribution in [0.4, 0.5) is 0 Å². The van der Waals surface area contributed by atoms with Gasteiger partial charge in [0.15, 0.2) is 5.76 Å². The summed E-state index contributed by atoms with van der Waals surface area (Å²) in [6.07, 6.45) is 2.89. The molecule has 8 nitrogen and oxygen atoms in total. The van der Waals surface area contributed by atoms with E-state index in [9.17, 15) is 4.79 Å². The second-order valence-corrected chi connectivity index (χ2v) is 7.70. The molecule has 1 saturated heterocycles.